The van der Waals surface area contributed by atoms with Crippen molar-refractivity contribution < 1.29 is 29.3 Å². The molecule has 0 aromatic heterocycles. The third kappa shape index (κ3) is 4.56. The maximum absolute atomic E-state index is 11.6. The number of methoxy groups -OCH3 is 1. The number of carboxylic acid groups (broad SMARTS) is 2. The van der Waals surface area contributed by atoms with Crippen LogP contribution in [0.4, 0.5) is 0 Å². The van der Waals surface area contributed by atoms with Gasteiger partial charge in [0.15, 0.2) is 0 Å². The minimum Gasteiger partial charge on any atom is -0.473 e. The van der Waals surface area contributed by atoms with E-state index in [1.54, 1.807) is 0 Å². The number of benzene rings is 1. The molecule has 0 bridgehead atoms. The van der Waals surface area contributed by atoms with Gasteiger partial charge in [0.25, 0.3) is 0 Å². The van der Waals surface area contributed by atoms with Crippen molar-refractivity contribution in [1.82, 2.24) is 5.32 Å². The maximum Gasteiger partial charge on any atom is 0.414 e. The third-order valence-electron chi connectivity index (χ3n) is 3.43. The van der Waals surface area contributed by atoms with Crippen molar-refractivity contribution in [3.63, 3.8) is 0 Å². The first kappa shape index (κ1) is 17.6. The predicted octanol–water partition coefficient (Wildman–Crippen LogP) is 0.974. The zero-order chi connectivity index (χ0) is 16.7. The van der Waals surface area contributed by atoms with Crippen LogP contribution >= 0.6 is 0 Å². The van der Waals surface area contributed by atoms with Crippen molar-refractivity contribution in [3.05, 3.63) is 35.4 Å². The van der Waals surface area contributed by atoms with E-state index < -0.39 is 11.9 Å². The van der Waals surface area contributed by atoms with Crippen molar-refractivity contribution in [2.75, 3.05) is 13.7 Å². The Morgan fingerprint density at radius 3 is 2.27 bits per heavy atom. The van der Waals surface area contributed by atoms with Gasteiger partial charge in [0.2, 0.25) is 0 Å². The molecule has 1 saturated heterocycles. The number of aliphatic carboxylic acids is 2. The fourth-order valence-electron chi connectivity index (χ4n) is 2.37. The number of ether oxygens (including phenoxy) is 1. The Kier molecular flexibility index (Phi) is 6.52. The highest BCUT2D eigenvalue weighted by atomic mass is 16.5. The van der Waals surface area contributed by atoms with Gasteiger partial charge in [0, 0.05) is 6.04 Å². The Bertz CT molecular complexity index is 545. The molecule has 0 amide bonds. The second kappa shape index (κ2) is 8.14. The van der Waals surface area contributed by atoms with E-state index in [-0.39, 0.29) is 17.9 Å². The molecule has 3 N–H and O–H groups in total. The standard InChI is InChI=1S/C13H17NO2.C2H2O4/c1-9-5-3-4-6-10(9)12-11(7-8-14-12)13(15)16-2;3-1(4)2(5)6/h3-6,11-12,14H,7-8H2,1-2H3;(H,3,4)(H,5,6)/t11-,12+;/m0./s1. The molecule has 7 nitrogen and oxygen atoms in total. The van der Waals surface area contributed by atoms with Crippen LogP contribution < -0.4 is 5.32 Å². The molecule has 22 heavy (non-hydrogen) atoms. The number of esters is 1. The number of hydrogen-bond donors (Lipinski definition) is 3. The van der Waals surface area contributed by atoms with Gasteiger partial charge in [0.05, 0.1) is 13.0 Å². The van der Waals surface area contributed by atoms with Gasteiger partial charge >= 0.3 is 17.9 Å². The van der Waals surface area contributed by atoms with Crippen LogP contribution in [0.25, 0.3) is 0 Å². The zero-order valence-corrected chi connectivity index (χ0v) is 12.4. The van der Waals surface area contributed by atoms with E-state index in [9.17, 15) is 4.79 Å². The van der Waals surface area contributed by atoms with Gasteiger partial charge in [-0.2, -0.15) is 0 Å². The molecule has 2 rings (SSSR count). The highest BCUT2D eigenvalue weighted by Gasteiger charge is 2.34. The van der Waals surface area contributed by atoms with E-state index in [2.05, 4.69) is 24.4 Å². The van der Waals surface area contributed by atoms with Crippen LogP contribution in [-0.2, 0) is 19.1 Å². The van der Waals surface area contributed by atoms with Gasteiger partial charge in [0.1, 0.15) is 0 Å². The van der Waals surface area contributed by atoms with Gasteiger partial charge in [-0.15, -0.1) is 0 Å². The molecule has 1 heterocycles. The molecule has 120 valence electrons. The third-order valence-corrected chi connectivity index (χ3v) is 3.43. The lowest BCUT2D eigenvalue weighted by Crippen LogP contribution is -2.25. The molecule has 2 atom stereocenters. The van der Waals surface area contributed by atoms with E-state index in [0.717, 1.165) is 13.0 Å². The molecule has 1 aromatic carbocycles. The highest BCUT2D eigenvalue weighted by Crippen LogP contribution is 2.31. The summed E-state index contributed by atoms with van der Waals surface area (Å²) in [6.45, 7) is 2.95. The summed E-state index contributed by atoms with van der Waals surface area (Å²) in [4.78, 5) is 29.8. The monoisotopic (exact) mass is 309 g/mol. The molecule has 1 aliphatic rings. The molecule has 7 heteroatoms. The van der Waals surface area contributed by atoms with Crippen LogP contribution in [0.3, 0.4) is 0 Å². The Morgan fingerprint density at radius 2 is 1.77 bits per heavy atom. The van der Waals surface area contributed by atoms with Crippen molar-refractivity contribution in [2.24, 2.45) is 5.92 Å². The summed E-state index contributed by atoms with van der Waals surface area (Å²) in [5.41, 5.74) is 2.42. The van der Waals surface area contributed by atoms with Crippen molar-refractivity contribution in [2.45, 2.75) is 19.4 Å². The Hall–Kier alpha value is -2.41. The van der Waals surface area contributed by atoms with Crippen LogP contribution in [0, 0.1) is 12.8 Å². The van der Waals surface area contributed by atoms with E-state index in [1.807, 2.05) is 12.1 Å². The molecule has 1 fully saturated rings. The molecule has 0 radical (unpaired) electrons. The van der Waals surface area contributed by atoms with Crippen molar-refractivity contribution in [3.8, 4) is 0 Å². The minimum atomic E-state index is -1.82. The predicted molar refractivity (Wildman–Crippen MR) is 77.3 cm³/mol. The van der Waals surface area contributed by atoms with E-state index in [4.69, 9.17) is 24.5 Å². The van der Waals surface area contributed by atoms with Crippen LogP contribution in [0.2, 0.25) is 0 Å². The number of carboxylic acids is 2. The van der Waals surface area contributed by atoms with E-state index >= 15 is 0 Å². The van der Waals surface area contributed by atoms with Crippen LogP contribution in [0.1, 0.15) is 23.6 Å². The summed E-state index contributed by atoms with van der Waals surface area (Å²) in [5.74, 6) is -3.81. The lowest BCUT2D eigenvalue weighted by Gasteiger charge is -2.19. The minimum absolute atomic E-state index is 0.0499. The lowest BCUT2D eigenvalue weighted by atomic mass is 9.91. The Morgan fingerprint density at radius 1 is 1.18 bits per heavy atom. The number of carbonyl (C=O) groups excluding carboxylic acids is 1. The first-order chi connectivity index (χ1) is 10.4. The summed E-state index contributed by atoms with van der Waals surface area (Å²) < 4.78 is 4.85. The average Bonchev–Trinajstić information content (AvgIpc) is 2.96. The second-order valence-electron chi connectivity index (χ2n) is 4.82. The molecule has 1 aliphatic heterocycles. The first-order valence-corrected chi connectivity index (χ1v) is 6.71. The van der Waals surface area contributed by atoms with E-state index in [1.165, 1.54) is 18.2 Å². The van der Waals surface area contributed by atoms with Crippen LogP contribution in [0.5, 0.6) is 0 Å². The topological polar surface area (TPSA) is 113 Å². The summed E-state index contributed by atoms with van der Waals surface area (Å²) in [7, 11) is 1.45. The molecule has 1 aromatic rings. The maximum atomic E-state index is 11.6. The van der Waals surface area contributed by atoms with Crippen molar-refractivity contribution >= 4 is 17.9 Å². The molecule has 0 unspecified atom stereocenters. The summed E-state index contributed by atoms with van der Waals surface area (Å²) in [5, 5.41) is 18.2. The Balaban J connectivity index is 0.000000346. The lowest BCUT2D eigenvalue weighted by molar-refractivity contribution is -0.159. The van der Waals surface area contributed by atoms with Crippen molar-refractivity contribution in [1.29, 1.82) is 0 Å². The number of rotatable bonds is 2. The number of carbonyl (C=O) groups is 3. The number of hydrogen-bond acceptors (Lipinski definition) is 5. The van der Waals surface area contributed by atoms with E-state index in [0.29, 0.717) is 0 Å². The quantitative estimate of drug-likeness (QED) is 0.551. The number of nitrogens with one attached hydrogen (secondary N) is 1. The molecule has 0 saturated carbocycles. The van der Waals surface area contributed by atoms with Gasteiger partial charge in [-0.25, -0.2) is 9.59 Å². The highest BCUT2D eigenvalue weighted by molar-refractivity contribution is 6.27. The molecular formula is C15H19NO6. The fourth-order valence-corrected chi connectivity index (χ4v) is 2.37. The average molecular weight is 309 g/mol. The summed E-state index contributed by atoms with van der Waals surface area (Å²) in [6, 6.07) is 8.28. The molecule has 0 spiro atoms. The first-order valence-electron chi connectivity index (χ1n) is 6.71. The second-order valence-corrected chi connectivity index (χ2v) is 4.82. The Labute approximate surface area is 127 Å². The van der Waals surface area contributed by atoms with Gasteiger partial charge < -0.3 is 20.3 Å². The summed E-state index contributed by atoms with van der Waals surface area (Å²) in [6.07, 6.45) is 0.853. The summed E-state index contributed by atoms with van der Waals surface area (Å²) >= 11 is 0. The molecule has 0 aliphatic carbocycles. The number of aryl methyl sites for hydroxylation is 1. The van der Waals surface area contributed by atoms with Gasteiger partial charge in [-0.05, 0) is 31.0 Å². The van der Waals surface area contributed by atoms with Gasteiger partial charge in [-0.3, -0.25) is 4.79 Å². The fraction of sp³-hybridized carbons (Fsp3) is 0.400. The van der Waals surface area contributed by atoms with Crippen LogP contribution in [-0.4, -0.2) is 41.8 Å². The van der Waals surface area contributed by atoms with Gasteiger partial charge in [-0.1, -0.05) is 24.3 Å². The molecular weight excluding hydrogens is 290 g/mol. The van der Waals surface area contributed by atoms with Crippen LogP contribution in [0.15, 0.2) is 24.3 Å². The normalized spacial score (nSPS) is 19.7. The SMILES string of the molecule is COC(=O)[C@H]1CCN[C@@H]1c1ccccc1C.O=C(O)C(=O)O. The largest absolute Gasteiger partial charge is 0.473 e. The zero-order valence-electron chi connectivity index (χ0n) is 12.4. The smallest absolute Gasteiger partial charge is 0.414 e.